The van der Waals surface area contributed by atoms with E-state index in [1.165, 1.54) is 0 Å². The van der Waals surface area contributed by atoms with Crippen molar-refractivity contribution in [2.24, 2.45) is 0 Å². The van der Waals surface area contributed by atoms with Crippen molar-refractivity contribution in [2.45, 2.75) is 32.1 Å². The van der Waals surface area contributed by atoms with Gasteiger partial charge in [0.2, 0.25) is 5.91 Å². The summed E-state index contributed by atoms with van der Waals surface area (Å²) in [6, 6.07) is 12.5. The molecule has 0 bridgehead atoms. The first-order valence-corrected chi connectivity index (χ1v) is 11.0. The molecule has 0 atom stereocenters. The zero-order valence-corrected chi connectivity index (χ0v) is 18.0. The summed E-state index contributed by atoms with van der Waals surface area (Å²) in [5, 5.41) is 8.03. The van der Waals surface area contributed by atoms with Crippen LogP contribution in [0.3, 0.4) is 0 Å². The van der Waals surface area contributed by atoms with Gasteiger partial charge in [0, 0.05) is 37.1 Å². The molecular weight excluding hydrogens is 416 g/mol. The van der Waals surface area contributed by atoms with Gasteiger partial charge in [-0.3, -0.25) is 9.59 Å². The molecule has 162 valence electrons. The predicted molar refractivity (Wildman–Crippen MR) is 118 cm³/mol. The lowest BCUT2D eigenvalue weighted by molar-refractivity contribution is -0.130. The van der Waals surface area contributed by atoms with Crippen LogP contribution in [0, 0.1) is 0 Å². The van der Waals surface area contributed by atoms with Crippen molar-refractivity contribution >= 4 is 23.4 Å². The average molecular weight is 441 g/mol. The molecule has 4 rings (SSSR count). The van der Waals surface area contributed by atoms with E-state index >= 15 is 0 Å². The van der Waals surface area contributed by atoms with Gasteiger partial charge in [-0.15, -0.1) is 0 Å². The molecule has 7 nitrogen and oxygen atoms in total. The Labute approximate surface area is 186 Å². The molecule has 1 N–H and O–H groups in total. The molecule has 2 amide bonds. The highest BCUT2D eigenvalue weighted by Gasteiger charge is 2.19. The van der Waals surface area contributed by atoms with Gasteiger partial charge in [0.05, 0.1) is 12.0 Å². The molecule has 31 heavy (non-hydrogen) atoms. The first-order valence-electron chi connectivity index (χ1n) is 10.6. The van der Waals surface area contributed by atoms with Crippen LogP contribution in [0.1, 0.15) is 42.6 Å². The number of aromatic nitrogens is 2. The largest absolute Gasteiger partial charge is 0.463 e. The Morgan fingerprint density at radius 2 is 2.00 bits per heavy atom. The minimum Gasteiger partial charge on any atom is -0.463 e. The van der Waals surface area contributed by atoms with E-state index in [2.05, 4.69) is 10.4 Å². The molecule has 1 aromatic carbocycles. The quantitative estimate of drug-likeness (QED) is 0.555. The molecule has 0 unspecified atom stereocenters. The summed E-state index contributed by atoms with van der Waals surface area (Å²) in [6.45, 7) is 1.95. The van der Waals surface area contributed by atoms with Crippen LogP contribution in [-0.4, -0.2) is 46.1 Å². The van der Waals surface area contributed by atoms with Gasteiger partial charge in [0.1, 0.15) is 5.69 Å². The summed E-state index contributed by atoms with van der Waals surface area (Å²) >= 11 is 6.00. The maximum Gasteiger partial charge on any atom is 0.271 e. The van der Waals surface area contributed by atoms with E-state index in [-0.39, 0.29) is 11.8 Å². The summed E-state index contributed by atoms with van der Waals surface area (Å²) in [4.78, 5) is 26.7. The summed E-state index contributed by atoms with van der Waals surface area (Å²) in [5.41, 5.74) is 1.74. The van der Waals surface area contributed by atoms with Gasteiger partial charge in [0.25, 0.3) is 5.91 Å². The molecule has 0 spiro atoms. The van der Waals surface area contributed by atoms with Gasteiger partial charge in [-0.25, -0.2) is 4.68 Å². The van der Waals surface area contributed by atoms with E-state index in [1.54, 1.807) is 35.2 Å². The molecule has 3 aromatic rings. The van der Waals surface area contributed by atoms with E-state index in [1.807, 2.05) is 23.1 Å². The number of nitrogens with zero attached hydrogens (tertiary/aromatic N) is 3. The molecule has 0 saturated carbocycles. The van der Waals surface area contributed by atoms with Crippen LogP contribution < -0.4 is 5.32 Å². The molecule has 1 saturated heterocycles. The number of hydrogen-bond acceptors (Lipinski definition) is 4. The Bertz CT molecular complexity index is 1030. The molecule has 1 fully saturated rings. The van der Waals surface area contributed by atoms with Crippen LogP contribution in [0.5, 0.6) is 0 Å². The zero-order chi connectivity index (χ0) is 21.6. The van der Waals surface area contributed by atoms with Gasteiger partial charge < -0.3 is 14.6 Å². The number of hydrogen-bond donors (Lipinski definition) is 1. The van der Waals surface area contributed by atoms with Crippen molar-refractivity contribution in [3.8, 4) is 17.1 Å². The molecule has 0 radical (unpaired) electrons. The molecule has 0 aliphatic carbocycles. The second-order valence-corrected chi connectivity index (χ2v) is 8.02. The standard InChI is InChI=1S/C23H25ClN4O3/c24-17-8-10-18(11-9-17)28-20(21-6-4-15-31-21)16-19(26-28)23(30)25-12-5-14-27-13-3-1-2-7-22(27)29/h4,6,8-11,15-16H,1-3,5,7,12-14H2,(H,25,30). The summed E-state index contributed by atoms with van der Waals surface area (Å²) in [7, 11) is 0. The predicted octanol–water partition coefficient (Wildman–Crippen LogP) is 4.31. The third-order valence-electron chi connectivity index (χ3n) is 5.35. The van der Waals surface area contributed by atoms with E-state index in [0.717, 1.165) is 31.5 Å². The van der Waals surface area contributed by atoms with Gasteiger partial charge in [0.15, 0.2) is 11.5 Å². The fraction of sp³-hybridized carbons (Fsp3) is 0.348. The van der Waals surface area contributed by atoms with Crippen molar-refractivity contribution < 1.29 is 14.0 Å². The highest BCUT2D eigenvalue weighted by atomic mass is 35.5. The fourth-order valence-electron chi connectivity index (χ4n) is 3.71. The highest BCUT2D eigenvalue weighted by molar-refractivity contribution is 6.30. The second-order valence-electron chi connectivity index (χ2n) is 7.58. The van der Waals surface area contributed by atoms with Gasteiger partial charge in [-0.2, -0.15) is 5.10 Å². The number of nitrogens with one attached hydrogen (secondary N) is 1. The number of likely N-dealkylation sites (tertiary alicyclic amines) is 1. The summed E-state index contributed by atoms with van der Waals surface area (Å²) in [6.07, 6.45) is 6.05. The van der Waals surface area contributed by atoms with Crippen molar-refractivity contribution in [3.63, 3.8) is 0 Å². The van der Waals surface area contributed by atoms with E-state index in [0.29, 0.717) is 48.1 Å². The molecule has 8 heteroatoms. The number of carbonyl (C=O) groups is 2. The number of benzene rings is 1. The molecule has 3 heterocycles. The highest BCUT2D eigenvalue weighted by Crippen LogP contribution is 2.25. The lowest BCUT2D eigenvalue weighted by Crippen LogP contribution is -2.34. The first-order chi connectivity index (χ1) is 15.1. The van der Waals surface area contributed by atoms with Crippen molar-refractivity contribution in [3.05, 3.63) is 59.4 Å². The average Bonchev–Trinajstić information content (AvgIpc) is 3.41. The van der Waals surface area contributed by atoms with Gasteiger partial charge in [-0.1, -0.05) is 18.0 Å². The Morgan fingerprint density at radius 3 is 2.77 bits per heavy atom. The van der Waals surface area contributed by atoms with E-state index in [4.69, 9.17) is 16.0 Å². The molecule has 1 aliphatic rings. The second kappa shape index (κ2) is 9.83. The monoisotopic (exact) mass is 440 g/mol. The van der Waals surface area contributed by atoms with Crippen molar-refractivity contribution in [1.29, 1.82) is 0 Å². The van der Waals surface area contributed by atoms with Crippen LogP contribution in [0.4, 0.5) is 0 Å². The SMILES string of the molecule is O=C(NCCCN1CCCCCC1=O)c1cc(-c2ccco2)n(-c2ccc(Cl)cc2)n1. The number of halogens is 1. The van der Waals surface area contributed by atoms with Crippen LogP contribution in [-0.2, 0) is 4.79 Å². The normalized spacial score (nSPS) is 14.5. The van der Waals surface area contributed by atoms with Crippen LogP contribution >= 0.6 is 11.6 Å². The van der Waals surface area contributed by atoms with Crippen molar-refractivity contribution in [1.82, 2.24) is 20.0 Å². The lowest BCUT2D eigenvalue weighted by Gasteiger charge is -2.20. The number of carbonyl (C=O) groups excluding carboxylic acids is 2. The Morgan fingerprint density at radius 1 is 1.16 bits per heavy atom. The molecule has 1 aliphatic heterocycles. The number of rotatable bonds is 7. The van der Waals surface area contributed by atoms with Gasteiger partial charge >= 0.3 is 0 Å². The number of amides is 2. The molecule has 2 aromatic heterocycles. The Balaban J connectivity index is 1.42. The fourth-order valence-corrected chi connectivity index (χ4v) is 3.83. The zero-order valence-electron chi connectivity index (χ0n) is 17.2. The van der Waals surface area contributed by atoms with Crippen LogP contribution in [0.15, 0.2) is 53.1 Å². The lowest BCUT2D eigenvalue weighted by atomic mass is 10.2. The minimum absolute atomic E-state index is 0.216. The van der Waals surface area contributed by atoms with Gasteiger partial charge in [-0.05, 0) is 55.7 Å². The van der Waals surface area contributed by atoms with E-state index < -0.39 is 0 Å². The Kier molecular flexibility index (Phi) is 6.72. The van der Waals surface area contributed by atoms with Crippen LogP contribution in [0.2, 0.25) is 5.02 Å². The summed E-state index contributed by atoms with van der Waals surface area (Å²) in [5.74, 6) is 0.567. The maximum absolute atomic E-state index is 12.7. The summed E-state index contributed by atoms with van der Waals surface area (Å²) < 4.78 is 7.20. The Hall–Kier alpha value is -3.06. The minimum atomic E-state index is -0.261. The first kappa shape index (κ1) is 21.2. The van der Waals surface area contributed by atoms with E-state index in [9.17, 15) is 9.59 Å². The van der Waals surface area contributed by atoms with Crippen molar-refractivity contribution in [2.75, 3.05) is 19.6 Å². The number of furan rings is 1. The maximum atomic E-state index is 12.7. The topological polar surface area (TPSA) is 80.4 Å². The van der Waals surface area contributed by atoms with Crippen LogP contribution in [0.25, 0.3) is 17.1 Å². The molecular formula is C23H25ClN4O3. The third kappa shape index (κ3) is 5.17. The smallest absolute Gasteiger partial charge is 0.271 e. The third-order valence-corrected chi connectivity index (χ3v) is 5.60.